The van der Waals surface area contributed by atoms with Crippen LogP contribution in [0.15, 0.2) is 42.7 Å². The first-order valence-corrected chi connectivity index (χ1v) is 12.5. The highest BCUT2D eigenvalue weighted by Crippen LogP contribution is 2.23. The maximum absolute atomic E-state index is 13.1. The number of carbonyl (C=O) groups is 1. The van der Waals surface area contributed by atoms with Crippen LogP contribution in [0.1, 0.15) is 39.2 Å². The van der Waals surface area contributed by atoms with Crippen molar-refractivity contribution in [3.8, 4) is 5.75 Å². The molecule has 3 atom stereocenters. The highest BCUT2D eigenvalue weighted by Gasteiger charge is 2.36. The maximum Gasteiger partial charge on any atom is 0.410 e. The summed E-state index contributed by atoms with van der Waals surface area (Å²) in [5.74, 6) is 1.12. The van der Waals surface area contributed by atoms with E-state index in [-0.39, 0.29) is 30.9 Å². The summed E-state index contributed by atoms with van der Waals surface area (Å²) in [4.78, 5) is 28.3. The molecule has 2 aliphatic rings. The first-order chi connectivity index (χ1) is 16.9. The molecule has 0 radical (unpaired) electrons. The molecule has 1 aromatic heterocycles. The molecule has 0 saturated carbocycles. The van der Waals surface area contributed by atoms with Gasteiger partial charge in [0, 0.05) is 32.7 Å². The number of carbonyl (C=O) groups excluding carboxylic acids is 1. The lowest BCUT2D eigenvalue weighted by molar-refractivity contribution is 0.00995. The van der Waals surface area contributed by atoms with Gasteiger partial charge < -0.3 is 19.5 Å². The monoisotopic (exact) mass is 483 g/mol. The minimum Gasteiger partial charge on any atom is -0.488 e. The van der Waals surface area contributed by atoms with Crippen molar-refractivity contribution in [2.75, 3.05) is 37.7 Å². The molecule has 35 heavy (non-hydrogen) atoms. The average Bonchev–Trinajstić information content (AvgIpc) is 2.84. The van der Waals surface area contributed by atoms with Crippen LogP contribution in [0.25, 0.3) is 0 Å². The average molecular weight is 484 g/mol. The summed E-state index contributed by atoms with van der Waals surface area (Å²) in [6, 6.07) is 10.4. The molecule has 3 heterocycles. The lowest BCUT2D eigenvalue weighted by Crippen LogP contribution is -2.59. The number of likely N-dealkylation sites (tertiary alicyclic amines) is 1. The number of hydrogen-bond donors (Lipinski definition) is 1. The molecule has 9 heteroatoms. The van der Waals surface area contributed by atoms with E-state index in [1.165, 1.54) is 5.56 Å². The molecule has 190 valence electrons. The van der Waals surface area contributed by atoms with Gasteiger partial charge in [-0.3, -0.25) is 9.80 Å². The SMILES string of the molecule is C[C@@H]1CN(c2ncc(OC[C@@H](C)O)cn2)C[C@H](C)N1C(=O)OC1CCN(Cc2ccccc2)CC1. The number of piperazine rings is 1. The quantitative estimate of drug-likeness (QED) is 0.643. The number of aliphatic hydroxyl groups is 1. The fraction of sp³-hybridized carbons (Fsp3) is 0.577. The lowest BCUT2D eigenvalue weighted by Gasteiger charge is -2.44. The van der Waals surface area contributed by atoms with Gasteiger partial charge in [-0.25, -0.2) is 14.8 Å². The van der Waals surface area contributed by atoms with E-state index in [1.807, 2.05) is 24.8 Å². The largest absolute Gasteiger partial charge is 0.488 e. The Bertz CT molecular complexity index is 923. The van der Waals surface area contributed by atoms with Gasteiger partial charge in [0.25, 0.3) is 0 Å². The summed E-state index contributed by atoms with van der Waals surface area (Å²) in [5.41, 5.74) is 1.31. The van der Waals surface area contributed by atoms with E-state index in [0.717, 1.165) is 32.5 Å². The minimum atomic E-state index is -0.550. The molecule has 9 nitrogen and oxygen atoms in total. The van der Waals surface area contributed by atoms with Crippen LogP contribution in [-0.4, -0.2) is 88.0 Å². The zero-order valence-electron chi connectivity index (χ0n) is 20.9. The Kier molecular flexibility index (Phi) is 8.41. The van der Waals surface area contributed by atoms with Crippen molar-refractivity contribution in [2.45, 2.75) is 64.4 Å². The zero-order chi connectivity index (χ0) is 24.8. The number of ether oxygens (including phenoxy) is 2. The summed E-state index contributed by atoms with van der Waals surface area (Å²) in [6.45, 7) is 9.99. The number of anilines is 1. The van der Waals surface area contributed by atoms with Gasteiger partial charge in [-0.2, -0.15) is 0 Å². The van der Waals surface area contributed by atoms with Crippen molar-refractivity contribution in [3.63, 3.8) is 0 Å². The molecule has 4 rings (SSSR count). The number of rotatable bonds is 7. The van der Waals surface area contributed by atoms with Crippen LogP contribution in [0, 0.1) is 0 Å². The van der Waals surface area contributed by atoms with Crippen molar-refractivity contribution < 1.29 is 19.4 Å². The Balaban J connectivity index is 1.25. The lowest BCUT2D eigenvalue weighted by atomic mass is 10.1. The molecule has 0 bridgehead atoms. The molecular formula is C26H37N5O4. The van der Waals surface area contributed by atoms with Crippen LogP contribution >= 0.6 is 0 Å². The van der Waals surface area contributed by atoms with E-state index in [4.69, 9.17) is 9.47 Å². The van der Waals surface area contributed by atoms with E-state index in [1.54, 1.807) is 19.3 Å². The first kappa shape index (κ1) is 25.2. The van der Waals surface area contributed by atoms with E-state index >= 15 is 0 Å². The summed E-state index contributed by atoms with van der Waals surface area (Å²) >= 11 is 0. The normalized spacial score (nSPS) is 22.6. The molecule has 1 N–H and O–H groups in total. The summed E-state index contributed by atoms with van der Waals surface area (Å²) in [7, 11) is 0. The second-order valence-electron chi connectivity index (χ2n) is 9.73. The van der Waals surface area contributed by atoms with Crippen molar-refractivity contribution in [3.05, 3.63) is 48.3 Å². The molecule has 2 fully saturated rings. The van der Waals surface area contributed by atoms with Crippen LogP contribution in [-0.2, 0) is 11.3 Å². The van der Waals surface area contributed by atoms with Gasteiger partial charge >= 0.3 is 6.09 Å². The molecule has 2 aromatic rings. The molecule has 0 aliphatic carbocycles. The molecule has 0 spiro atoms. The molecule has 1 amide bonds. The van der Waals surface area contributed by atoms with E-state index in [9.17, 15) is 9.90 Å². The van der Waals surface area contributed by atoms with E-state index < -0.39 is 6.10 Å². The summed E-state index contributed by atoms with van der Waals surface area (Å²) in [6.07, 6.45) is 4.14. The second kappa shape index (κ2) is 11.7. The van der Waals surface area contributed by atoms with Crippen LogP contribution in [0.2, 0.25) is 0 Å². The number of benzene rings is 1. The van der Waals surface area contributed by atoms with Gasteiger partial charge in [-0.15, -0.1) is 0 Å². The second-order valence-corrected chi connectivity index (χ2v) is 9.73. The van der Waals surface area contributed by atoms with Gasteiger partial charge in [-0.1, -0.05) is 30.3 Å². The van der Waals surface area contributed by atoms with Crippen molar-refractivity contribution in [2.24, 2.45) is 0 Å². The number of piperidine rings is 1. The third-order valence-corrected chi connectivity index (χ3v) is 6.57. The molecule has 2 saturated heterocycles. The highest BCUT2D eigenvalue weighted by atomic mass is 16.6. The third kappa shape index (κ3) is 6.82. The zero-order valence-corrected chi connectivity index (χ0v) is 20.9. The smallest absolute Gasteiger partial charge is 0.410 e. The van der Waals surface area contributed by atoms with Gasteiger partial charge in [0.05, 0.1) is 30.6 Å². The minimum absolute atomic E-state index is 0.0285. The Labute approximate surface area is 207 Å². The summed E-state index contributed by atoms with van der Waals surface area (Å²) in [5, 5.41) is 9.35. The number of hydrogen-bond acceptors (Lipinski definition) is 8. The van der Waals surface area contributed by atoms with E-state index in [2.05, 4.69) is 44.0 Å². The molecule has 2 aliphatic heterocycles. The van der Waals surface area contributed by atoms with Crippen LogP contribution in [0.3, 0.4) is 0 Å². The Morgan fingerprint density at radius 2 is 1.71 bits per heavy atom. The fourth-order valence-corrected chi connectivity index (χ4v) is 4.84. The van der Waals surface area contributed by atoms with Crippen molar-refractivity contribution >= 4 is 12.0 Å². The fourth-order valence-electron chi connectivity index (χ4n) is 4.84. The Morgan fingerprint density at radius 3 is 2.31 bits per heavy atom. The van der Waals surface area contributed by atoms with Crippen LogP contribution < -0.4 is 9.64 Å². The number of aliphatic hydroxyl groups excluding tert-OH is 1. The van der Waals surface area contributed by atoms with E-state index in [0.29, 0.717) is 24.8 Å². The van der Waals surface area contributed by atoms with Crippen molar-refractivity contribution in [1.82, 2.24) is 19.8 Å². The highest BCUT2D eigenvalue weighted by molar-refractivity contribution is 5.69. The first-order valence-electron chi connectivity index (χ1n) is 12.5. The summed E-state index contributed by atoms with van der Waals surface area (Å²) < 4.78 is 11.4. The number of nitrogens with zero attached hydrogens (tertiary/aromatic N) is 5. The molecule has 0 unspecified atom stereocenters. The Hall–Kier alpha value is -2.91. The third-order valence-electron chi connectivity index (χ3n) is 6.57. The van der Waals surface area contributed by atoms with Crippen molar-refractivity contribution in [1.29, 1.82) is 0 Å². The molecular weight excluding hydrogens is 446 g/mol. The number of aromatic nitrogens is 2. The Morgan fingerprint density at radius 1 is 1.09 bits per heavy atom. The maximum atomic E-state index is 13.1. The topological polar surface area (TPSA) is 91.3 Å². The van der Waals surface area contributed by atoms with Crippen LogP contribution in [0.5, 0.6) is 5.75 Å². The van der Waals surface area contributed by atoms with Gasteiger partial charge in [0.2, 0.25) is 5.95 Å². The number of amides is 1. The van der Waals surface area contributed by atoms with Gasteiger partial charge in [-0.05, 0) is 39.2 Å². The predicted molar refractivity (Wildman–Crippen MR) is 133 cm³/mol. The standard InChI is InChI=1S/C26H37N5O4/c1-19-15-30(25-27-13-24(14-28-25)34-18-21(3)32)16-20(2)31(19)26(33)35-23-9-11-29(12-10-23)17-22-7-5-4-6-8-22/h4-8,13-14,19-21,23,32H,9-12,15-18H2,1-3H3/t19-,20+,21-/m1/s1. The van der Waals surface area contributed by atoms with Gasteiger partial charge in [0.15, 0.2) is 5.75 Å². The van der Waals surface area contributed by atoms with Gasteiger partial charge in [0.1, 0.15) is 12.7 Å². The van der Waals surface area contributed by atoms with Crippen LogP contribution in [0.4, 0.5) is 10.7 Å². The molecule has 1 aromatic carbocycles. The predicted octanol–water partition coefficient (Wildman–Crippen LogP) is 2.94.